The van der Waals surface area contributed by atoms with E-state index >= 15 is 0 Å². The molecule has 0 saturated heterocycles. The molecule has 1 atom stereocenters. The van der Waals surface area contributed by atoms with E-state index in [1.807, 2.05) is 18.0 Å². The van der Waals surface area contributed by atoms with Gasteiger partial charge in [-0.3, -0.25) is 0 Å². The minimum absolute atomic E-state index is 0.0968. The zero-order valence-corrected chi connectivity index (χ0v) is 12.3. The molecule has 0 saturated carbocycles. The van der Waals surface area contributed by atoms with Gasteiger partial charge in [-0.25, -0.2) is 4.39 Å². The summed E-state index contributed by atoms with van der Waals surface area (Å²) in [6, 6.07) is 5.36. The van der Waals surface area contributed by atoms with Gasteiger partial charge >= 0.3 is 0 Å². The van der Waals surface area contributed by atoms with Gasteiger partial charge in [0.05, 0.1) is 5.69 Å². The molecule has 0 bridgehead atoms. The predicted molar refractivity (Wildman–Crippen MR) is 80.0 cm³/mol. The maximum Gasteiger partial charge on any atom is 0.146 e. The Bertz CT molecular complexity index is 371. The summed E-state index contributed by atoms with van der Waals surface area (Å²) >= 11 is 1.77. The predicted octanol–water partition coefficient (Wildman–Crippen LogP) is 2.90. The van der Waals surface area contributed by atoms with Crippen molar-refractivity contribution in [3.63, 3.8) is 0 Å². The second-order valence-electron chi connectivity index (χ2n) is 4.53. The van der Waals surface area contributed by atoms with Crippen molar-refractivity contribution >= 4 is 17.4 Å². The van der Waals surface area contributed by atoms with Crippen LogP contribution in [-0.4, -0.2) is 31.6 Å². The number of hydrogen-bond donors (Lipinski definition) is 1. The molecule has 2 nitrogen and oxygen atoms in total. The van der Waals surface area contributed by atoms with Crippen LogP contribution < -0.4 is 10.6 Å². The summed E-state index contributed by atoms with van der Waals surface area (Å²) in [7, 11) is 1.94. The van der Waals surface area contributed by atoms with Crippen molar-refractivity contribution in [1.29, 1.82) is 0 Å². The van der Waals surface area contributed by atoms with E-state index in [-0.39, 0.29) is 11.9 Å². The highest BCUT2D eigenvalue weighted by atomic mass is 32.2. The van der Waals surface area contributed by atoms with Gasteiger partial charge in [-0.15, -0.1) is 0 Å². The zero-order valence-electron chi connectivity index (χ0n) is 11.4. The summed E-state index contributed by atoms with van der Waals surface area (Å²) in [5, 5.41) is 0. The topological polar surface area (TPSA) is 29.3 Å². The van der Waals surface area contributed by atoms with Crippen LogP contribution in [0, 0.1) is 5.82 Å². The minimum atomic E-state index is -0.153. The van der Waals surface area contributed by atoms with Crippen LogP contribution in [0.5, 0.6) is 0 Å². The lowest BCUT2D eigenvalue weighted by atomic mass is 10.0. The first-order valence-corrected chi connectivity index (χ1v) is 7.72. The van der Waals surface area contributed by atoms with E-state index in [9.17, 15) is 4.39 Å². The van der Waals surface area contributed by atoms with Crippen LogP contribution in [0.25, 0.3) is 0 Å². The number of thioether (sulfide) groups is 1. The van der Waals surface area contributed by atoms with Crippen molar-refractivity contribution in [2.24, 2.45) is 5.73 Å². The van der Waals surface area contributed by atoms with Crippen molar-refractivity contribution in [1.82, 2.24) is 0 Å². The number of rotatable bonds is 7. The quantitative estimate of drug-likeness (QED) is 0.826. The lowest BCUT2D eigenvalue weighted by Crippen LogP contribution is -2.26. The van der Waals surface area contributed by atoms with Crippen LogP contribution in [0.1, 0.15) is 18.9 Å². The van der Waals surface area contributed by atoms with Crippen LogP contribution in [0.4, 0.5) is 10.1 Å². The Balaban J connectivity index is 2.92. The molecule has 0 aliphatic carbocycles. The first-order chi connectivity index (χ1) is 8.60. The fourth-order valence-electron chi connectivity index (χ4n) is 1.92. The lowest BCUT2D eigenvalue weighted by molar-refractivity contribution is 0.610. The molecule has 2 N–H and O–H groups in total. The molecule has 0 radical (unpaired) electrons. The number of anilines is 1. The summed E-state index contributed by atoms with van der Waals surface area (Å²) in [6.45, 7) is 2.90. The smallest absolute Gasteiger partial charge is 0.146 e. The Morgan fingerprint density at radius 3 is 2.78 bits per heavy atom. The van der Waals surface area contributed by atoms with Crippen molar-refractivity contribution in [3.05, 3.63) is 29.6 Å². The van der Waals surface area contributed by atoms with Crippen LogP contribution in [0.15, 0.2) is 18.2 Å². The fourth-order valence-corrected chi connectivity index (χ4v) is 2.38. The molecule has 0 aliphatic rings. The normalized spacial score (nSPS) is 12.5. The van der Waals surface area contributed by atoms with Gasteiger partial charge in [0, 0.05) is 25.4 Å². The number of hydrogen-bond acceptors (Lipinski definition) is 3. The summed E-state index contributed by atoms with van der Waals surface area (Å²) < 4.78 is 14.0. The largest absolute Gasteiger partial charge is 0.371 e. The van der Waals surface area contributed by atoms with Crippen LogP contribution >= 0.6 is 11.8 Å². The average Bonchev–Trinajstić information content (AvgIpc) is 2.36. The third kappa shape index (κ3) is 4.18. The second-order valence-corrected chi connectivity index (χ2v) is 5.52. The van der Waals surface area contributed by atoms with Crippen molar-refractivity contribution in [2.75, 3.05) is 30.5 Å². The van der Waals surface area contributed by atoms with Gasteiger partial charge in [-0.05, 0) is 30.7 Å². The maximum atomic E-state index is 14.0. The van der Waals surface area contributed by atoms with E-state index in [1.165, 1.54) is 6.07 Å². The van der Waals surface area contributed by atoms with Crippen molar-refractivity contribution in [2.45, 2.75) is 25.8 Å². The Hall–Kier alpha value is -0.740. The molecule has 1 aromatic carbocycles. The molecule has 0 fully saturated rings. The monoisotopic (exact) mass is 270 g/mol. The van der Waals surface area contributed by atoms with Crippen LogP contribution in [-0.2, 0) is 6.42 Å². The minimum Gasteiger partial charge on any atom is -0.371 e. The van der Waals surface area contributed by atoms with Gasteiger partial charge in [-0.2, -0.15) is 11.8 Å². The lowest BCUT2D eigenvalue weighted by Gasteiger charge is -2.24. The molecule has 102 valence electrons. The molecule has 0 amide bonds. The zero-order chi connectivity index (χ0) is 13.5. The number of para-hydroxylation sites is 1. The average molecular weight is 270 g/mol. The van der Waals surface area contributed by atoms with Crippen molar-refractivity contribution < 1.29 is 4.39 Å². The summed E-state index contributed by atoms with van der Waals surface area (Å²) in [5.41, 5.74) is 7.69. The molecular weight excluding hydrogens is 247 g/mol. The molecule has 18 heavy (non-hydrogen) atoms. The maximum absolute atomic E-state index is 14.0. The molecule has 1 unspecified atom stereocenters. The SMILES string of the molecule is CCC(N)Cc1cccc(F)c1N(C)CCSC. The van der Waals surface area contributed by atoms with Crippen molar-refractivity contribution in [3.8, 4) is 0 Å². The molecule has 4 heteroatoms. The van der Waals surface area contributed by atoms with E-state index in [0.29, 0.717) is 5.69 Å². The molecule has 1 rings (SSSR count). The number of nitrogens with two attached hydrogens (primary N) is 1. The van der Waals surface area contributed by atoms with E-state index in [0.717, 1.165) is 30.7 Å². The van der Waals surface area contributed by atoms with Crippen LogP contribution in [0.2, 0.25) is 0 Å². The van der Waals surface area contributed by atoms with E-state index < -0.39 is 0 Å². The Morgan fingerprint density at radius 2 is 2.17 bits per heavy atom. The Morgan fingerprint density at radius 1 is 1.44 bits per heavy atom. The van der Waals surface area contributed by atoms with Gasteiger partial charge in [0.2, 0.25) is 0 Å². The van der Waals surface area contributed by atoms with Gasteiger partial charge in [0.25, 0.3) is 0 Å². The highest BCUT2D eigenvalue weighted by Crippen LogP contribution is 2.25. The molecule has 0 aliphatic heterocycles. The van der Waals surface area contributed by atoms with Crippen LogP contribution in [0.3, 0.4) is 0 Å². The van der Waals surface area contributed by atoms with Gasteiger partial charge in [0.1, 0.15) is 5.82 Å². The second kappa shape index (κ2) is 7.64. The third-order valence-electron chi connectivity index (χ3n) is 3.09. The number of nitrogens with zero attached hydrogens (tertiary/aromatic N) is 1. The summed E-state index contributed by atoms with van der Waals surface area (Å²) in [4.78, 5) is 1.99. The number of halogens is 1. The van der Waals surface area contributed by atoms with Gasteiger partial charge < -0.3 is 10.6 Å². The molecular formula is C14H23FN2S. The van der Waals surface area contributed by atoms with E-state index in [2.05, 4.69) is 13.2 Å². The third-order valence-corrected chi connectivity index (χ3v) is 3.68. The number of benzene rings is 1. The van der Waals surface area contributed by atoms with E-state index in [1.54, 1.807) is 17.8 Å². The molecule has 0 heterocycles. The van der Waals surface area contributed by atoms with Gasteiger partial charge in [0.15, 0.2) is 0 Å². The molecule has 1 aromatic rings. The highest BCUT2D eigenvalue weighted by Gasteiger charge is 2.14. The Kier molecular flexibility index (Phi) is 6.50. The standard InChI is InChI=1S/C14H23FN2S/c1-4-12(16)10-11-6-5-7-13(15)14(11)17(2)8-9-18-3/h5-7,12H,4,8-10,16H2,1-3H3. The highest BCUT2D eigenvalue weighted by molar-refractivity contribution is 7.98. The first kappa shape index (κ1) is 15.3. The summed E-state index contributed by atoms with van der Waals surface area (Å²) in [5.74, 6) is 0.837. The fraction of sp³-hybridized carbons (Fsp3) is 0.571. The molecule has 0 aromatic heterocycles. The summed E-state index contributed by atoms with van der Waals surface area (Å²) in [6.07, 6.45) is 3.70. The van der Waals surface area contributed by atoms with Gasteiger partial charge in [-0.1, -0.05) is 19.1 Å². The Labute approximate surface area is 114 Å². The van der Waals surface area contributed by atoms with E-state index in [4.69, 9.17) is 5.73 Å². The molecule has 0 spiro atoms. The first-order valence-electron chi connectivity index (χ1n) is 6.33.